The van der Waals surface area contributed by atoms with Gasteiger partial charge < -0.3 is 5.32 Å². The van der Waals surface area contributed by atoms with Gasteiger partial charge in [-0.1, -0.05) is 0 Å². The molecule has 0 saturated heterocycles. The van der Waals surface area contributed by atoms with E-state index in [-0.39, 0.29) is 0 Å². The van der Waals surface area contributed by atoms with Gasteiger partial charge in [0.15, 0.2) is 0 Å². The predicted octanol–water partition coefficient (Wildman–Crippen LogP) is 1.55. The number of nitrogens with one attached hydrogen (secondary N) is 2. The lowest BCUT2D eigenvalue weighted by Gasteiger charge is -2.01. The standard InChI is InChI=1S/C10H15N5/c1-3-15-7-10(6-13-15)11-4-9-5-12-14-8(9)2/h5-7,11H,3-4H2,1-2H3,(H,12,14). The molecular formula is C10H15N5. The van der Waals surface area contributed by atoms with E-state index < -0.39 is 0 Å². The highest BCUT2D eigenvalue weighted by Gasteiger charge is 2.01. The van der Waals surface area contributed by atoms with Gasteiger partial charge in [0.1, 0.15) is 0 Å². The zero-order chi connectivity index (χ0) is 10.7. The van der Waals surface area contributed by atoms with Gasteiger partial charge in [-0.15, -0.1) is 0 Å². The Bertz CT molecular complexity index is 428. The average molecular weight is 205 g/mol. The van der Waals surface area contributed by atoms with E-state index in [9.17, 15) is 0 Å². The molecule has 0 fully saturated rings. The van der Waals surface area contributed by atoms with Gasteiger partial charge >= 0.3 is 0 Å². The fourth-order valence-electron chi connectivity index (χ4n) is 1.38. The van der Waals surface area contributed by atoms with Crippen LogP contribution in [0.15, 0.2) is 18.6 Å². The molecule has 0 saturated carbocycles. The summed E-state index contributed by atoms with van der Waals surface area (Å²) in [6.07, 6.45) is 5.67. The zero-order valence-corrected chi connectivity index (χ0v) is 8.99. The monoisotopic (exact) mass is 205 g/mol. The Morgan fingerprint density at radius 3 is 2.93 bits per heavy atom. The van der Waals surface area contributed by atoms with E-state index in [4.69, 9.17) is 0 Å². The number of anilines is 1. The van der Waals surface area contributed by atoms with Crippen molar-refractivity contribution in [1.29, 1.82) is 0 Å². The normalized spacial score (nSPS) is 10.5. The zero-order valence-electron chi connectivity index (χ0n) is 8.99. The first-order valence-electron chi connectivity index (χ1n) is 5.04. The van der Waals surface area contributed by atoms with Crippen LogP contribution in [0.25, 0.3) is 0 Å². The van der Waals surface area contributed by atoms with E-state index in [2.05, 4.69) is 27.5 Å². The number of hydrogen-bond acceptors (Lipinski definition) is 3. The minimum atomic E-state index is 0.776. The van der Waals surface area contributed by atoms with Crippen molar-refractivity contribution in [3.05, 3.63) is 29.8 Å². The first kappa shape index (κ1) is 9.76. The van der Waals surface area contributed by atoms with E-state index in [1.165, 1.54) is 5.56 Å². The maximum absolute atomic E-state index is 4.19. The van der Waals surface area contributed by atoms with E-state index in [1.807, 2.05) is 30.2 Å². The fourth-order valence-corrected chi connectivity index (χ4v) is 1.38. The first-order valence-corrected chi connectivity index (χ1v) is 5.04. The van der Waals surface area contributed by atoms with Crippen LogP contribution in [-0.2, 0) is 13.1 Å². The summed E-state index contributed by atoms with van der Waals surface area (Å²) in [7, 11) is 0. The lowest BCUT2D eigenvalue weighted by Crippen LogP contribution is -1.99. The van der Waals surface area contributed by atoms with Crippen LogP contribution < -0.4 is 5.32 Å². The smallest absolute Gasteiger partial charge is 0.0729 e. The summed E-state index contributed by atoms with van der Waals surface area (Å²) in [5.74, 6) is 0. The number of rotatable bonds is 4. The van der Waals surface area contributed by atoms with Gasteiger partial charge in [0.05, 0.1) is 18.1 Å². The third-order valence-electron chi connectivity index (χ3n) is 2.37. The molecule has 2 heterocycles. The molecule has 2 rings (SSSR count). The molecule has 0 aliphatic rings. The van der Waals surface area contributed by atoms with Gasteiger partial charge in [-0.2, -0.15) is 10.2 Å². The third-order valence-corrected chi connectivity index (χ3v) is 2.37. The SMILES string of the molecule is CCn1cc(NCc2cn[nH]c2C)cn1. The Labute approximate surface area is 88.5 Å². The molecule has 2 aromatic rings. The largest absolute Gasteiger partial charge is 0.378 e. The van der Waals surface area contributed by atoms with Crippen LogP contribution in [0.4, 0.5) is 5.69 Å². The van der Waals surface area contributed by atoms with Crippen molar-refractivity contribution < 1.29 is 0 Å². The molecule has 15 heavy (non-hydrogen) atoms. The Balaban J connectivity index is 1.96. The van der Waals surface area contributed by atoms with Crippen LogP contribution in [0, 0.1) is 6.92 Å². The summed E-state index contributed by atoms with van der Waals surface area (Å²) in [5.41, 5.74) is 3.32. The van der Waals surface area contributed by atoms with E-state index in [0.717, 1.165) is 24.5 Å². The van der Waals surface area contributed by atoms with Crippen molar-refractivity contribution in [2.45, 2.75) is 26.9 Å². The summed E-state index contributed by atoms with van der Waals surface area (Å²) >= 11 is 0. The van der Waals surface area contributed by atoms with Crippen molar-refractivity contribution in [3.63, 3.8) is 0 Å². The quantitative estimate of drug-likeness (QED) is 0.796. The van der Waals surface area contributed by atoms with Crippen molar-refractivity contribution in [2.75, 3.05) is 5.32 Å². The fraction of sp³-hybridized carbons (Fsp3) is 0.400. The van der Waals surface area contributed by atoms with Crippen LogP contribution >= 0.6 is 0 Å². The summed E-state index contributed by atoms with van der Waals surface area (Å²) in [5, 5.41) is 14.4. The molecule has 0 atom stereocenters. The average Bonchev–Trinajstić information content (AvgIpc) is 2.84. The molecule has 0 bridgehead atoms. The van der Waals surface area contributed by atoms with Crippen LogP contribution in [0.1, 0.15) is 18.2 Å². The summed E-state index contributed by atoms with van der Waals surface area (Å²) < 4.78 is 1.89. The van der Waals surface area contributed by atoms with E-state index in [1.54, 1.807) is 0 Å². The molecule has 0 unspecified atom stereocenters. The van der Waals surface area contributed by atoms with Gasteiger partial charge in [0, 0.05) is 30.5 Å². The first-order chi connectivity index (χ1) is 7.29. The highest BCUT2D eigenvalue weighted by molar-refractivity contribution is 5.39. The van der Waals surface area contributed by atoms with Gasteiger partial charge in [-0.05, 0) is 13.8 Å². The maximum atomic E-state index is 4.19. The van der Waals surface area contributed by atoms with Gasteiger partial charge in [-0.3, -0.25) is 9.78 Å². The number of hydrogen-bond donors (Lipinski definition) is 2. The summed E-state index contributed by atoms with van der Waals surface area (Å²) in [6, 6.07) is 0. The Morgan fingerprint density at radius 1 is 1.47 bits per heavy atom. The maximum Gasteiger partial charge on any atom is 0.0729 e. The lowest BCUT2D eigenvalue weighted by atomic mass is 10.2. The van der Waals surface area contributed by atoms with Crippen molar-refractivity contribution in [3.8, 4) is 0 Å². The summed E-state index contributed by atoms with van der Waals surface area (Å²) in [4.78, 5) is 0. The number of nitrogens with zero attached hydrogens (tertiary/aromatic N) is 3. The minimum Gasteiger partial charge on any atom is -0.378 e. The minimum absolute atomic E-state index is 0.776. The lowest BCUT2D eigenvalue weighted by molar-refractivity contribution is 0.660. The number of aromatic nitrogens is 4. The van der Waals surface area contributed by atoms with E-state index >= 15 is 0 Å². The molecule has 80 valence electrons. The number of H-pyrrole nitrogens is 1. The Kier molecular flexibility index (Phi) is 2.71. The van der Waals surface area contributed by atoms with Gasteiger partial charge in [0.25, 0.3) is 0 Å². The molecule has 0 amide bonds. The van der Waals surface area contributed by atoms with Crippen LogP contribution in [-0.4, -0.2) is 20.0 Å². The van der Waals surface area contributed by atoms with Gasteiger partial charge in [0.2, 0.25) is 0 Å². The summed E-state index contributed by atoms with van der Waals surface area (Å²) in [6.45, 7) is 5.75. The molecule has 2 aromatic heterocycles. The Hall–Kier alpha value is -1.78. The predicted molar refractivity (Wildman–Crippen MR) is 58.6 cm³/mol. The van der Waals surface area contributed by atoms with Crippen molar-refractivity contribution >= 4 is 5.69 Å². The van der Waals surface area contributed by atoms with Crippen molar-refractivity contribution in [2.24, 2.45) is 0 Å². The molecule has 0 radical (unpaired) electrons. The van der Waals surface area contributed by atoms with Gasteiger partial charge in [-0.25, -0.2) is 0 Å². The molecule has 5 heteroatoms. The third kappa shape index (κ3) is 2.18. The molecule has 0 aliphatic carbocycles. The van der Waals surface area contributed by atoms with Crippen LogP contribution in [0.5, 0.6) is 0 Å². The molecule has 2 N–H and O–H groups in total. The van der Waals surface area contributed by atoms with Crippen LogP contribution in [0.2, 0.25) is 0 Å². The topological polar surface area (TPSA) is 58.5 Å². The van der Waals surface area contributed by atoms with Crippen molar-refractivity contribution in [1.82, 2.24) is 20.0 Å². The Morgan fingerprint density at radius 2 is 2.33 bits per heavy atom. The second-order valence-corrected chi connectivity index (χ2v) is 3.46. The second-order valence-electron chi connectivity index (χ2n) is 3.46. The molecule has 0 aliphatic heterocycles. The molecule has 0 spiro atoms. The number of aromatic amines is 1. The molecule has 5 nitrogen and oxygen atoms in total. The van der Waals surface area contributed by atoms with Crippen LogP contribution in [0.3, 0.4) is 0 Å². The molecular weight excluding hydrogens is 190 g/mol. The highest BCUT2D eigenvalue weighted by Crippen LogP contribution is 2.09. The second kappa shape index (κ2) is 4.16. The number of aryl methyl sites for hydroxylation is 2. The van der Waals surface area contributed by atoms with E-state index in [0.29, 0.717) is 0 Å². The molecule has 0 aromatic carbocycles. The highest BCUT2D eigenvalue weighted by atomic mass is 15.3.